The van der Waals surface area contributed by atoms with Crippen molar-refractivity contribution in [2.45, 2.75) is 19.8 Å². The van der Waals surface area contributed by atoms with Crippen molar-refractivity contribution >= 4 is 41.5 Å². The number of fused-ring (bicyclic) bond motifs is 1. The Hall–Kier alpha value is -1.74. The predicted octanol–water partition coefficient (Wildman–Crippen LogP) is 3.42. The maximum Gasteiger partial charge on any atom is 0.231 e. The second kappa shape index (κ2) is 11.2. The number of hydrogen-bond acceptors (Lipinski definition) is 4. The average molecular weight is 503 g/mol. The summed E-state index contributed by atoms with van der Waals surface area (Å²) in [4.78, 5) is 8.73. The predicted molar refractivity (Wildman–Crippen MR) is 119 cm³/mol. The molecule has 1 aliphatic rings. The van der Waals surface area contributed by atoms with Crippen LogP contribution in [0.1, 0.15) is 18.1 Å². The van der Waals surface area contributed by atoms with Crippen LogP contribution in [0.3, 0.4) is 0 Å². The van der Waals surface area contributed by atoms with Gasteiger partial charge < -0.3 is 20.1 Å². The minimum Gasteiger partial charge on any atom is -0.454 e. The first-order chi connectivity index (χ1) is 12.7. The zero-order valence-electron chi connectivity index (χ0n) is 15.2. The molecule has 3 rings (SSSR count). The zero-order valence-corrected chi connectivity index (χ0v) is 18.3. The van der Waals surface area contributed by atoms with Crippen LogP contribution >= 0.6 is 35.6 Å². The molecule has 0 aliphatic carbocycles. The van der Waals surface area contributed by atoms with Gasteiger partial charge in [-0.1, -0.05) is 23.7 Å². The summed E-state index contributed by atoms with van der Waals surface area (Å²) in [5, 5.41) is 7.12. The Labute approximate surface area is 181 Å². The molecule has 27 heavy (non-hydrogen) atoms. The van der Waals surface area contributed by atoms with Crippen LogP contribution < -0.4 is 20.1 Å². The number of guanidine groups is 1. The molecule has 146 valence electrons. The highest BCUT2D eigenvalue weighted by molar-refractivity contribution is 14.0. The summed E-state index contributed by atoms with van der Waals surface area (Å²) in [6.45, 7) is 4.64. The summed E-state index contributed by atoms with van der Waals surface area (Å²) in [5.41, 5.74) is 2.32. The van der Waals surface area contributed by atoms with Crippen molar-refractivity contribution in [3.05, 3.63) is 52.8 Å². The Balaban J connectivity index is 0.00000261. The highest BCUT2D eigenvalue weighted by Crippen LogP contribution is 2.32. The van der Waals surface area contributed by atoms with Gasteiger partial charge in [-0.3, -0.25) is 4.99 Å². The van der Waals surface area contributed by atoms with E-state index in [0.29, 0.717) is 18.5 Å². The first kappa shape index (κ1) is 21.6. The number of hydrogen-bond donors (Lipinski definition) is 2. The fourth-order valence-electron chi connectivity index (χ4n) is 2.61. The molecule has 1 aromatic heterocycles. The van der Waals surface area contributed by atoms with Crippen molar-refractivity contribution in [3.8, 4) is 11.5 Å². The molecular weight excluding hydrogens is 479 g/mol. The molecule has 0 spiro atoms. The SMILES string of the molecule is CCNC(=NCCc1ccc2c(c1)OCO2)NCCc1ccc(Cl)nc1.I. The van der Waals surface area contributed by atoms with E-state index in [9.17, 15) is 0 Å². The second-order valence-corrected chi connectivity index (χ2v) is 6.25. The number of aromatic nitrogens is 1. The topological polar surface area (TPSA) is 67.8 Å². The molecule has 2 N–H and O–H groups in total. The molecule has 1 aromatic carbocycles. The summed E-state index contributed by atoms with van der Waals surface area (Å²) in [7, 11) is 0. The Kier molecular flexibility index (Phi) is 8.93. The molecule has 1 aliphatic heterocycles. The fraction of sp³-hybridized carbons (Fsp3) is 0.368. The summed E-state index contributed by atoms with van der Waals surface area (Å²) >= 11 is 5.81. The standard InChI is InChI=1S/C19H23ClN4O2.HI/c1-2-21-19(23-10-8-15-4-6-18(20)24-12-15)22-9-7-14-3-5-16-17(11-14)26-13-25-16;/h3-6,11-12H,2,7-10,13H2,1H3,(H2,21,22,23);1H. The highest BCUT2D eigenvalue weighted by Gasteiger charge is 2.12. The van der Waals surface area contributed by atoms with Gasteiger partial charge >= 0.3 is 0 Å². The molecule has 0 atom stereocenters. The van der Waals surface area contributed by atoms with Crippen molar-refractivity contribution in [3.63, 3.8) is 0 Å². The lowest BCUT2D eigenvalue weighted by Gasteiger charge is -2.11. The number of halogens is 2. The van der Waals surface area contributed by atoms with E-state index in [-0.39, 0.29) is 24.0 Å². The van der Waals surface area contributed by atoms with Gasteiger partial charge in [0.25, 0.3) is 0 Å². The zero-order chi connectivity index (χ0) is 18.2. The number of rotatable bonds is 7. The van der Waals surface area contributed by atoms with Gasteiger partial charge in [-0.2, -0.15) is 0 Å². The van der Waals surface area contributed by atoms with E-state index in [1.807, 2.05) is 24.3 Å². The summed E-state index contributed by atoms with van der Waals surface area (Å²) < 4.78 is 10.7. The minimum atomic E-state index is 0. The van der Waals surface area contributed by atoms with Crippen LogP contribution in [-0.4, -0.2) is 37.4 Å². The normalized spacial score (nSPS) is 12.4. The quantitative estimate of drug-likeness (QED) is 0.263. The third-order valence-corrected chi connectivity index (χ3v) is 4.17. The lowest BCUT2D eigenvalue weighted by atomic mass is 10.1. The molecule has 0 bridgehead atoms. The van der Waals surface area contributed by atoms with Gasteiger partial charge in [0.2, 0.25) is 6.79 Å². The number of benzene rings is 1. The molecule has 2 aromatic rings. The molecule has 0 fully saturated rings. The molecule has 0 amide bonds. The van der Waals surface area contributed by atoms with Crippen LogP contribution in [0.4, 0.5) is 0 Å². The summed E-state index contributed by atoms with van der Waals surface area (Å²) in [5.74, 6) is 2.44. The molecule has 6 nitrogen and oxygen atoms in total. The largest absolute Gasteiger partial charge is 0.454 e. The van der Waals surface area contributed by atoms with Crippen molar-refractivity contribution < 1.29 is 9.47 Å². The number of pyridine rings is 1. The van der Waals surface area contributed by atoms with Gasteiger partial charge in [-0.05, 0) is 49.1 Å². The molecular formula is C19H24ClIN4O2. The van der Waals surface area contributed by atoms with Crippen LogP contribution in [0.5, 0.6) is 11.5 Å². The van der Waals surface area contributed by atoms with Crippen molar-refractivity contribution in [1.29, 1.82) is 0 Å². The minimum absolute atomic E-state index is 0. The average Bonchev–Trinajstić information content (AvgIpc) is 3.11. The fourth-order valence-corrected chi connectivity index (χ4v) is 2.73. The van der Waals surface area contributed by atoms with Gasteiger partial charge in [0.15, 0.2) is 17.5 Å². The van der Waals surface area contributed by atoms with Crippen molar-refractivity contribution in [2.24, 2.45) is 4.99 Å². The maximum atomic E-state index is 5.81. The van der Waals surface area contributed by atoms with E-state index in [4.69, 9.17) is 21.1 Å². The van der Waals surface area contributed by atoms with Crippen LogP contribution in [0.15, 0.2) is 41.5 Å². The lowest BCUT2D eigenvalue weighted by Crippen LogP contribution is -2.38. The number of nitrogens with zero attached hydrogens (tertiary/aromatic N) is 2. The van der Waals surface area contributed by atoms with Crippen LogP contribution in [0.25, 0.3) is 0 Å². The van der Waals surface area contributed by atoms with E-state index >= 15 is 0 Å². The number of nitrogens with one attached hydrogen (secondary N) is 2. The molecule has 2 heterocycles. The summed E-state index contributed by atoms with van der Waals surface area (Å²) in [6.07, 6.45) is 3.50. The third-order valence-electron chi connectivity index (χ3n) is 3.95. The van der Waals surface area contributed by atoms with Crippen LogP contribution in [0.2, 0.25) is 5.15 Å². The Bertz CT molecular complexity index is 756. The lowest BCUT2D eigenvalue weighted by molar-refractivity contribution is 0.174. The number of aliphatic imine (C=N–C) groups is 1. The first-order valence-corrected chi connectivity index (χ1v) is 9.13. The Morgan fingerprint density at radius 1 is 1.11 bits per heavy atom. The van der Waals surface area contributed by atoms with Crippen molar-refractivity contribution in [1.82, 2.24) is 15.6 Å². The maximum absolute atomic E-state index is 5.81. The van der Waals surface area contributed by atoms with Gasteiger partial charge in [0.05, 0.1) is 0 Å². The van der Waals surface area contributed by atoms with Gasteiger partial charge in [0, 0.05) is 25.8 Å². The molecule has 0 radical (unpaired) electrons. The van der Waals surface area contributed by atoms with Gasteiger partial charge in [0.1, 0.15) is 5.15 Å². The smallest absolute Gasteiger partial charge is 0.231 e. The van der Waals surface area contributed by atoms with E-state index in [1.54, 1.807) is 6.20 Å². The third kappa shape index (κ3) is 6.73. The number of ether oxygens (including phenoxy) is 2. The molecule has 0 saturated heterocycles. The highest BCUT2D eigenvalue weighted by atomic mass is 127. The van der Waals surface area contributed by atoms with Gasteiger partial charge in [-0.25, -0.2) is 4.98 Å². The Morgan fingerprint density at radius 3 is 2.70 bits per heavy atom. The van der Waals surface area contributed by atoms with E-state index in [0.717, 1.165) is 49.0 Å². The van der Waals surface area contributed by atoms with E-state index < -0.39 is 0 Å². The molecule has 0 unspecified atom stereocenters. The molecule has 8 heteroatoms. The monoisotopic (exact) mass is 502 g/mol. The first-order valence-electron chi connectivity index (χ1n) is 8.75. The van der Waals surface area contributed by atoms with E-state index in [2.05, 4.69) is 33.6 Å². The van der Waals surface area contributed by atoms with E-state index in [1.165, 1.54) is 5.56 Å². The molecule has 0 saturated carbocycles. The summed E-state index contributed by atoms with van der Waals surface area (Å²) in [6, 6.07) is 9.82. The Morgan fingerprint density at radius 2 is 1.93 bits per heavy atom. The van der Waals surface area contributed by atoms with Crippen molar-refractivity contribution in [2.75, 3.05) is 26.4 Å². The second-order valence-electron chi connectivity index (χ2n) is 5.86. The van der Waals surface area contributed by atoms with Gasteiger partial charge in [-0.15, -0.1) is 24.0 Å². The van der Waals surface area contributed by atoms with Crippen LogP contribution in [-0.2, 0) is 12.8 Å². The van der Waals surface area contributed by atoms with Crippen LogP contribution in [0, 0.1) is 0 Å².